The monoisotopic (exact) mass is 324 g/mol. The normalized spacial score (nSPS) is 10.9. The van der Waals surface area contributed by atoms with Crippen LogP contribution in [0.3, 0.4) is 0 Å². The molecule has 0 amide bonds. The highest BCUT2D eigenvalue weighted by Gasteiger charge is 2.11. The Kier molecular flexibility index (Phi) is 4.47. The summed E-state index contributed by atoms with van der Waals surface area (Å²) in [5.74, 6) is 1.70. The Hall–Kier alpha value is -3.28. The largest absolute Gasteiger partial charge is 0.497 e. The van der Waals surface area contributed by atoms with Crippen molar-refractivity contribution in [1.29, 1.82) is 0 Å². The molecule has 2 aromatic carbocycles. The van der Waals surface area contributed by atoms with Gasteiger partial charge in [0.05, 0.1) is 19.9 Å². The maximum atomic E-state index is 9.89. The molecule has 3 aromatic rings. The summed E-state index contributed by atoms with van der Waals surface area (Å²) in [6.07, 6.45) is 0. The van der Waals surface area contributed by atoms with Crippen LogP contribution in [-0.4, -0.2) is 19.3 Å². The second-order valence-corrected chi connectivity index (χ2v) is 4.93. The fourth-order valence-electron chi connectivity index (χ4n) is 2.10. The maximum Gasteiger partial charge on any atom is 0.311 e. The van der Waals surface area contributed by atoms with Crippen molar-refractivity contribution in [2.45, 2.75) is 0 Å². The number of ether oxygens (including phenoxy) is 2. The van der Waals surface area contributed by atoms with Gasteiger partial charge in [-0.25, -0.2) is 0 Å². The van der Waals surface area contributed by atoms with Crippen LogP contribution in [-0.2, 0) is 0 Å². The SMILES string of the molecule is COc1ccc(N=Nc2cc(-c3ccc(OC)cc3)oc2O)cc1. The summed E-state index contributed by atoms with van der Waals surface area (Å²) < 4.78 is 15.5. The summed E-state index contributed by atoms with van der Waals surface area (Å²) in [5.41, 5.74) is 1.70. The molecule has 1 aromatic heterocycles. The van der Waals surface area contributed by atoms with Gasteiger partial charge in [0.2, 0.25) is 0 Å². The minimum Gasteiger partial charge on any atom is -0.497 e. The average Bonchev–Trinajstić information content (AvgIpc) is 3.01. The summed E-state index contributed by atoms with van der Waals surface area (Å²) in [6.45, 7) is 0. The van der Waals surface area contributed by atoms with Crippen LogP contribution in [0.5, 0.6) is 17.4 Å². The first-order valence-corrected chi connectivity index (χ1v) is 7.22. The Labute approximate surface area is 139 Å². The maximum absolute atomic E-state index is 9.89. The number of azo groups is 1. The molecule has 0 atom stereocenters. The third kappa shape index (κ3) is 3.38. The van der Waals surface area contributed by atoms with Crippen LogP contribution in [0, 0.1) is 0 Å². The molecule has 1 heterocycles. The second kappa shape index (κ2) is 6.87. The van der Waals surface area contributed by atoms with Crippen molar-refractivity contribution in [3.8, 4) is 28.8 Å². The summed E-state index contributed by atoms with van der Waals surface area (Å²) in [5, 5.41) is 18.0. The van der Waals surface area contributed by atoms with Gasteiger partial charge in [-0.05, 0) is 48.5 Å². The molecule has 0 radical (unpaired) electrons. The molecule has 0 spiro atoms. The summed E-state index contributed by atoms with van der Waals surface area (Å²) in [7, 11) is 3.20. The van der Waals surface area contributed by atoms with Crippen LogP contribution in [0.25, 0.3) is 11.3 Å². The van der Waals surface area contributed by atoms with Crippen molar-refractivity contribution in [3.05, 3.63) is 54.6 Å². The Morgan fingerprint density at radius 3 is 2.00 bits per heavy atom. The molecule has 0 saturated carbocycles. The number of aromatic hydroxyl groups is 1. The molecule has 0 aliphatic rings. The highest BCUT2D eigenvalue weighted by Crippen LogP contribution is 2.37. The van der Waals surface area contributed by atoms with Crippen molar-refractivity contribution in [3.63, 3.8) is 0 Å². The van der Waals surface area contributed by atoms with E-state index in [1.807, 2.05) is 24.3 Å². The molecule has 6 heteroatoms. The highest BCUT2D eigenvalue weighted by molar-refractivity contribution is 5.65. The minimum absolute atomic E-state index is 0.261. The first-order valence-electron chi connectivity index (χ1n) is 7.22. The van der Waals surface area contributed by atoms with Crippen LogP contribution in [0.15, 0.2) is 69.2 Å². The van der Waals surface area contributed by atoms with Gasteiger partial charge >= 0.3 is 5.95 Å². The zero-order chi connectivity index (χ0) is 16.9. The first-order chi connectivity index (χ1) is 11.7. The third-order valence-electron chi connectivity index (χ3n) is 3.41. The van der Waals surface area contributed by atoms with Gasteiger partial charge in [-0.1, -0.05) is 0 Å². The predicted molar refractivity (Wildman–Crippen MR) is 89.5 cm³/mol. The van der Waals surface area contributed by atoms with E-state index in [4.69, 9.17) is 13.9 Å². The van der Waals surface area contributed by atoms with Gasteiger partial charge < -0.3 is 19.0 Å². The van der Waals surface area contributed by atoms with E-state index in [1.165, 1.54) is 0 Å². The molecule has 6 nitrogen and oxygen atoms in total. The lowest BCUT2D eigenvalue weighted by molar-refractivity contribution is 0.339. The zero-order valence-electron chi connectivity index (χ0n) is 13.3. The smallest absolute Gasteiger partial charge is 0.311 e. The Balaban J connectivity index is 1.81. The summed E-state index contributed by atoms with van der Waals surface area (Å²) in [6, 6.07) is 16.0. The molecular weight excluding hydrogens is 308 g/mol. The van der Waals surface area contributed by atoms with Gasteiger partial charge in [-0.2, -0.15) is 5.11 Å². The van der Waals surface area contributed by atoms with E-state index in [0.717, 1.165) is 17.1 Å². The van der Waals surface area contributed by atoms with Gasteiger partial charge in [0.1, 0.15) is 17.3 Å². The van der Waals surface area contributed by atoms with Crippen LogP contribution in [0.2, 0.25) is 0 Å². The lowest BCUT2D eigenvalue weighted by Crippen LogP contribution is -1.81. The van der Waals surface area contributed by atoms with E-state index in [-0.39, 0.29) is 11.6 Å². The predicted octanol–water partition coefficient (Wildman–Crippen LogP) is 5.08. The van der Waals surface area contributed by atoms with E-state index < -0.39 is 0 Å². The lowest BCUT2D eigenvalue weighted by Gasteiger charge is -1.99. The average molecular weight is 324 g/mol. The van der Waals surface area contributed by atoms with Crippen LogP contribution in [0.4, 0.5) is 11.4 Å². The topological polar surface area (TPSA) is 76.6 Å². The van der Waals surface area contributed by atoms with E-state index in [2.05, 4.69) is 10.2 Å². The molecule has 0 unspecified atom stereocenters. The molecular formula is C18H16N2O4. The van der Waals surface area contributed by atoms with E-state index in [1.54, 1.807) is 44.6 Å². The fourth-order valence-corrected chi connectivity index (χ4v) is 2.10. The standard InChI is InChI=1S/C18H16N2O4/c1-22-14-7-3-12(4-8-14)17-11-16(18(21)24-17)20-19-13-5-9-15(23-2)10-6-13/h3-11,21H,1-2H3. The second-order valence-electron chi connectivity index (χ2n) is 4.93. The van der Waals surface area contributed by atoms with Crippen molar-refractivity contribution >= 4 is 11.4 Å². The number of furan rings is 1. The third-order valence-corrected chi connectivity index (χ3v) is 3.41. The van der Waals surface area contributed by atoms with Gasteiger partial charge in [-0.3, -0.25) is 0 Å². The Morgan fingerprint density at radius 2 is 1.42 bits per heavy atom. The van der Waals surface area contributed by atoms with Crippen molar-refractivity contribution in [2.24, 2.45) is 10.2 Å². The molecule has 24 heavy (non-hydrogen) atoms. The number of hydrogen-bond donors (Lipinski definition) is 1. The number of rotatable bonds is 5. The van der Waals surface area contributed by atoms with E-state index >= 15 is 0 Å². The van der Waals surface area contributed by atoms with Crippen LogP contribution < -0.4 is 9.47 Å². The zero-order valence-corrected chi connectivity index (χ0v) is 13.3. The summed E-state index contributed by atoms with van der Waals surface area (Å²) in [4.78, 5) is 0. The lowest BCUT2D eigenvalue weighted by atomic mass is 10.1. The number of nitrogens with zero attached hydrogens (tertiary/aromatic N) is 2. The molecule has 122 valence electrons. The highest BCUT2D eigenvalue weighted by atomic mass is 16.5. The molecule has 0 bridgehead atoms. The van der Waals surface area contributed by atoms with Gasteiger partial charge in [0.15, 0.2) is 5.69 Å². The number of benzene rings is 2. The van der Waals surface area contributed by atoms with E-state index in [0.29, 0.717) is 11.4 Å². The molecule has 1 N–H and O–H groups in total. The summed E-state index contributed by atoms with van der Waals surface area (Å²) >= 11 is 0. The van der Waals surface area contributed by atoms with Crippen LogP contribution in [0.1, 0.15) is 0 Å². The van der Waals surface area contributed by atoms with Crippen molar-refractivity contribution < 1.29 is 19.0 Å². The minimum atomic E-state index is -0.280. The van der Waals surface area contributed by atoms with E-state index in [9.17, 15) is 5.11 Å². The Morgan fingerprint density at radius 1 is 0.833 bits per heavy atom. The molecule has 0 saturated heterocycles. The van der Waals surface area contributed by atoms with Crippen LogP contribution >= 0.6 is 0 Å². The molecule has 0 aliphatic carbocycles. The van der Waals surface area contributed by atoms with Gasteiger partial charge in [0, 0.05) is 11.6 Å². The number of hydrogen-bond acceptors (Lipinski definition) is 6. The first kappa shape index (κ1) is 15.6. The van der Waals surface area contributed by atoms with Crippen molar-refractivity contribution in [1.82, 2.24) is 0 Å². The molecule has 0 aliphatic heterocycles. The molecule has 0 fully saturated rings. The quantitative estimate of drug-likeness (QED) is 0.664. The van der Waals surface area contributed by atoms with Crippen molar-refractivity contribution in [2.75, 3.05) is 14.2 Å². The van der Waals surface area contributed by atoms with Gasteiger partial charge in [-0.15, -0.1) is 5.11 Å². The molecule has 3 rings (SSSR count). The number of methoxy groups -OCH3 is 2. The van der Waals surface area contributed by atoms with Gasteiger partial charge in [0.25, 0.3) is 0 Å². The fraction of sp³-hybridized carbons (Fsp3) is 0.111. The Bertz CT molecular complexity index is 836.